The summed E-state index contributed by atoms with van der Waals surface area (Å²) in [6, 6.07) is 6.11. The summed E-state index contributed by atoms with van der Waals surface area (Å²) in [4.78, 5) is 28.2. The monoisotopic (exact) mass is 451 g/mol. The number of anilines is 1. The summed E-state index contributed by atoms with van der Waals surface area (Å²) in [5.41, 5.74) is 0.186. The van der Waals surface area contributed by atoms with Gasteiger partial charge in [0.15, 0.2) is 0 Å². The molecule has 0 radical (unpaired) electrons. The van der Waals surface area contributed by atoms with Crippen molar-refractivity contribution in [2.45, 2.75) is 44.9 Å². The van der Waals surface area contributed by atoms with E-state index in [0.29, 0.717) is 36.0 Å². The number of ether oxygens (including phenoxy) is 2. The van der Waals surface area contributed by atoms with E-state index in [1.165, 1.54) is 0 Å². The first-order chi connectivity index (χ1) is 15.2. The van der Waals surface area contributed by atoms with Crippen LogP contribution >= 0.6 is 0 Å². The number of nitrogens with one attached hydrogen (secondary N) is 2. The maximum atomic E-state index is 12.6. The predicted molar refractivity (Wildman–Crippen MR) is 110 cm³/mol. The van der Waals surface area contributed by atoms with Gasteiger partial charge >= 0.3 is 12.2 Å². The standard InChI is InChI=1S/C22H24F3N3O4/c1-13-11-16(27-21(30)28-20(29)14-3-7-17(31-2)8-4-14)6-9-18(13)32-19-10-5-15(12-26-19)22(23,24)25/h5-6,9-12,14,17H,3-4,7-8H2,1-2H3,(H2,27,28,29,30). The molecule has 10 heteroatoms. The van der Waals surface area contributed by atoms with Gasteiger partial charge in [-0.15, -0.1) is 0 Å². The molecule has 2 aromatic rings. The Bertz CT molecular complexity index is 956. The number of carbonyl (C=O) groups excluding carboxylic acids is 2. The van der Waals surface area contributed by atoms with Gasteiger partial charge in [0, 0.05) is 31.0 Å². The highest BCUT2D eigenvalue weighted by Gasteiger charge is 2.31. The SMILES string of the molecule is COC1CCC(C(=O)NC(=O)Nc2ccc(Oc3ccc(C(F)(F)F)cn3)c(C)c2)CC1. The molecular formula is C22H24F3N3O4. The fraction of sp³-hybridized carbons (Fsp3) is 0.409. The van der Waals surface area contributed by atoms with Gasteiger partial charge in [-0.25, -0.2) is 9.78 Å². The summed E-state index contributed by atoms with van der Waals surface area (Å²) >= 11 is 0. The lowest BCUT2D eigenvalue weighted by atomic mass is 9.87. The fourth-order valence-corrected chi connectivity index (χ4v) is 3.50. The molecule has 1 saturated carbocycles. The lowest BCUT2D eigenvalue weighted by Gasteiger charge is -2.26. The van der Waals surface area contributed by atoms with Crippen LogP contribution < -0.4 is 15.4 Å². The highest BCUT2D eigenvalue weighted by molar-refractivity contribution is 6.01. The Morgan fingerprint density at radius 1 is 1.09 bits per heavy atom. The van der Waals surface area contributed by atoms with Gasteiger partial charge in [-0.05, 0) is 62.4 Å². The van der Waals surface area contributed by atoms with E-state index in [9.17, 15) is 22.8 Å². The summed E-state index contributed by atoms with van der Waals surface area (Å²) in [5, 5.41) is 4.96. The van der Waals surface area contributed by atoms with Crippen LogP contribution in [0.25, 0.3) is 0 Å². The molecule has 0 saturated heterocycles. The number of carbonyl (C=O) groups is 2. The smallest absolute Gasteiger partial charge is 0.417 e. The van der Waals surface area contributed by atoms with Crippen molar-refractivity contribution in [3.05, 3.63) is 47.7 Å². The Morgan fingerprint density at radius 2 is 1.81 bits per heavy atom. The molecule has 3 rings (SSSR count). The van der Waals surface area contributed by atoms with E-state index in [0.717, 1.165) is 25.0 Å². The topological polar surface area (TPSA) is 89.5 Å². The second-order valence-electron chi connectivity index (χ2n) is 7.62. The number of benzene rings is 1. The number of hydrogen-bond acceptors (Lipinski definition) is 5. The molecule has 1 aromatic carbocycles. The molecule has 1 aliphatic rings. The maximum Gasteiger partial charge on any atom is 0.417 e. The van der Waals surface area contributed by atoms with Gasteiger partial charge in [-0.3, -0.25) is 10.1 Å². The molecule has 2 N–H and O–H groups in total. The average Bonchev–Trinajstić information content (AvgIpc) is 2.75. The number of imide groups is 1. The average molecular weight is 451 g/mol. The number of rotatable bonds is 5. The molecule has 32 heavy (non-hydrogen) atoms. The number of methoxy groups -OCH3 is 1. The van der Waals surface area contributed by atoms with Gasteiger partial charge in [0.25, 0.3) is 0 Å². The summed E-state index contributed by atoms with van der Waals surface area (Å²) in [6.07, 6.45) is -0.713. The number of urea groups is 1. The molecule has 0 aliphatic heterocycles. The molecule has 1 aromatic heterocycles. The molecule has 0 spiro atoms. The lowest BCUT2D eigenvalue weighted by Crippen LogP contribution is -2.40. The molecule has 0 bridgehead atoms. The van der Waals surface area contributed by atoms with Crippen LogP contribution in [-0.4, -0.2) is 30.1 Å². The third-order valence-corrected chi connectivity index (χ3v) is 5.33. The number of halogens is 3. The molecule has 0 unspecified atom stereocenters. The van der Waals surface area contributed by atoms with Crippen LogP contribution in [-0.2, 0) is 15.7 Å². The van der Waals surface area contributed by atoms with Crippen molar-refractivity contribution in [2.24, 2.45) is 5.92 Å². The van der Waals surface area contributed by atoms with Gasteiger partial charge in [-0.1, -0.05) is 0 Å². The molecule has 3 amide bonds. The van der Waals surface area contributed by atoms with Crippen molar-refractivity contribution in [3.8, 4) is 11.6 Å². The number of pyridine rings is 1. The summed E-state index contributed by atoms with van der Waals surface area (Å²) in [5.74, 6) is -0.162. The second kappa shape index (κ2) is 9.99. The fourth-order valence-electron chi connectivity index (χ4n) is 3.50. The first kappa shape index (κ1) is 23.5. The van der Waals surface area contributed by atoms with Crippen LogP contribution in [0.4, 0.5) is 23.7 Å². The van der Waals surface area contributed by atoms with E-state index in [1.807, 2.05) is 0 Å². The summed E-state index contributed by atoms with van der Waals surface area (Å²) in [7, 11) is 1.65. The molecule has 0 atom stereocenters. The Morgan fingerprint density at radius 3 is 2.38 bits per heavy atom. The zero-order chi connectivity index (χ0) is 23.3. The molecule has 172 valence electrons. The minimum Gasteiger partial charge on any atom is -0.439 e. The zero-order valence-corrected chi connectivity index (χ0v) is 17.7. The number of amides is 3. The Kier molecular flexibility index (Phi) is 7.34. The molecular weight excluding hydrogens is 427 g/mol. The highest BCUT2D eigenvalue weighted by Crippen LogP contribution is 2.31. The van der Waals surface area contributed by atoms with Crippen LogP contribution in [0.5, 0.6) is 11.6 Å². The number of aryl methyl sites for hydroxylation is 1. The quantitative estimate of drug-likeness (QED) is 0.664. The minimum atomic E-state index is -4.47. The van der Waals surface area contributed by atoms with Crippen molar-refractivity contribution in [1.29, 1.82) is 0 Å². The van der Waals surface area contributed by atoms with E-state index < -0.39 is 17.8 Å². The summed E-state index contributed by atoms with van der Waals surface area (Å²) in [6.45, 7) is 1.71. The van der Waals surface area contributed by atoms with Crippen LogP contribution in [0.2, 0.25) is 0 Å². The molecule has 1 aliphatic carbocycles. The summed E-state index contributed by atoms with van der Waals surface area (Å²) < 4.78 is 48.7. The van der Waals surface area contributed by atoms with Crippen LogP contribution in [0.15, 0.2) is 36.5 Å². The Hall–Kier alpha value is -3.14. The van der Waals surface area contributed by atoms with Gasteiger partial charge in [0.2, 0.25) is 11.8 Å². The van der Waals surface area contributed by atoms with Crippen molar-refractivity contribution in [1.82, 2.24) is 10.3 Å². The second-order valence-corrected chi connectivity index (χ2v) is 7.62. The lowest BCUT2D eigenvalue weighted by molar-refractivity contribution is -0.137. The van der Waals surface area contributed by atoms with E-state index in [2.05, 4.69) is 15.6 Å². The van der Waals surface area contributed by atoms with Crippen molar-refractivity contribution in [3.63, 3.8) is 0 Å². The highest BCUT2D eigenvalue weighted by atomic mass is 19.4. The zero-order valence-electron chi connectivity index (χ0n) is 17.7. The van der Waals surface area contributed by atoms with E-state index in [4.69, 9.17) is 9.47 Å². The Labute approximate surface area is 183 Å². The molecule has 1 heterocycles. The number of alkyl halides is 3. The third kappa shape index (κ3) is 6.19. The van der Waals surface area contributed by atoms with E-state index in [-0.39, 0.29) is 23.8 Å². The van der Waals surface area contributed by atoms with Gasteiger partial charge in [0.05, 0.1) is 11.7 Å². The number of nitrogens with zero attached hydrogens (tertiary/aromatic N) is 1. The number of aromatic nitrogens is 1. The van der Waals surface area contributed by atoms with Crippen molar-refractivity contribution < 1.29 is 32.2 Å². The predicted octanol–water partition coefficient (Wildman–Crippen LogP) is 5.05. The van der Waals surface area contributed by atoms with E-state index >= 15 is 0 Å². The largest absolute Gasteiger partial charge is 0.439 e. The normalized spacial score (nSPS) is 18.7. The molecule has 7 nitrogen and oxygen atoms in total. The van der Waals surface area contributed by atoms with Crippen LogP contribution in [0, 0.1) is 12.8 Å². The third-order valence-electron chi connectivity index (χ3n) is 5.33. The first-order valence-electron chi connectivity index (χ1n) is 10.1. The van der Waals surface area contributed by atoms with Gasteiger partial charge in [-0.2, -0.15) is 13.2 Å². The molecule has 1 fully saturated rings. The van der Waals surface area contributed by atoms with E-state index in [1.54, 1.807) is 32.2 Å². The Balaban J connectivity index is 1.54. The van der Waals surface area contributed by atoms with Crippen LogP contribution in [0.1, 0.15) is 36.8 Å². The minimum absolute atomic E-state index is 0.00772. The van der Waals surface area contributed by atoms with Gasteiger partial charge in [0.1, 0.15) is 5.75 Å². The van der Waals surface area contributed by atoms with Crippen molar-refractivity contribution >= 4 is 17.6 Å². The maximum absolute atomic E-state index is 12.6. The van der Waals surface area contributed by atoms with Crippen LogP contribution in [0.3, 0.4) is 0 Å². The van der Waals surface area contributed by atoms with Gasteiger partial charge < -0.3 is 14.8 Å². The van der Waals surface area contributed by atoms with Crippen molar-refractivity contribution in [2.75, 3.05) is 12.4 Å². The first-order valence-corrected chi connectivity index (χ1v) is 10.1. The number of hydrogen-bond donors (Lipinski definition) is 2.